The smallest absolute Gasteiger partial charge is 0.225 e. The van der Waals surface area contributed by atoms with Crippen molar-refractivity contribution in [2.75, 3.05) is 12.4 Å². The van der Waals surface area contributed by atoms with Crippen LogP contribution in [-0.4, -0.2) is 18.0 Å². The molecule has 0 spiro atoms. The molecule has 3 aromatic rings. The second-order valence-corrected chi connectivity index (χ2v) is 5.69. The number of anilines is 1. The lowest BCUT2D eigenvalue weighted by Gasteiger charge is -2.07. The van der Waals surface area contributed by atoms with Gasteiger partial charge in [-0.2, -0.15) is 0 Å². The monoisotopic (exact) mass is 332 g/mol. The molecule has 4 heteroatoms. The largest absolute Gasteiger partial charge is 0.497 e. The molecule has 1 N–H and O–H groups in total. The van der Waals surface area contributed by atoms with Crippen LogP contribution in [-0.2, 0) is 11.2 Å². The molecule has 0 aliphatic carbocycles. The molecule has 1 amide bonds. The number of nitrogens with one attached hydrogen (secondary N) is 1. The summed E-state index contributed by atoms with van der Waals surface area (Å²) >= 11 is 0. The van der Waals surface area contributed by atoms with Gasteiger partial charge in [0.1, 0.15) is 11.6 Å². The molecule has 0 radical (unpaired) electrons. The number of carbonyl (C=O) groups excluding carboxylic acids is 1. The third-order valence-corrected chi connectivity index (χ3v) is 3.94. The molecule has 3 rings (SSSR count). The molecule has 126 valence electrons. The van der Waals surface area contributed by atoms with E-state index in [0.29, 0.717) is 18.7 Å². The first-order chi connectivity index (χ1) is 12.2. The van der Waals surface area contributed by atoms with Crippen LogP contribution in [0.1, 0.15) is 12.0 Å². The Labute approximate surface area is 147 Å². The third-order valence-electron chi connectivity index (χ3n) is 3.94. The topological polar surface area (TPSA) is 51.2 Å². The van der Waals surface area contributed by atoms with E-state index in [0.717, 1.165) is 22.4 Å². The summed E-state index contributed by atoms with van der Waals surface area (Å²) in [4.78, 5) is 16.4. The van der Waals surface area contributed by atoms with E-state index in [1.165, 1.54) is 0 Å². The molecule has 0 fully saturated rings. The van der Waals surface area contributed by atoms with Crippen molar-refractivity contribution in [3.63, 3.8) is 0 Å². The van der Waals surface area contributed by atoms with Crippen LogP contribution in [0.4, 0.5) is 5.82 Å². The lowest BCUT2D eigenvalue weighted by atomic mass is 10.1. The summed E-state index contributed by atoms with van der Waals surface area (Å²) in [6.07, 6.45) is 2.86. The molecule has 0 saturated carbocycles. The number of methoxy groups -OCH3 is 1. The van der Waals surface area contributed by atoms with Gasteiger partial charge in [0, 0.05) is 18.2 Å². The molecule has 1 aromatic heterocycles. The number of rotatable bonds is 6. The van der Waals surface area contributed by atoms with Gasteiger partial charge in [-0.3, -0.25) is 4.79 Å². The lowest BCUT2D eigenvalue weighted by molar-refractivity contribution is -0.116. The Morgan fingerprint density at radius 2 is 1.72 bits per heavy atom. The van der Waals surface area contributed by atoms with Gasteiger partial charge in [-0.25, -0.2) is 4.98 Å². The Balaban J connectivity index is 1.54. The summed E-state index contributed by atoms with van der Waals surface area (Å²) < 4.78 is 5.13. The van der Waals surface area contributed by atoms with Crippen LogP contribution in [0.25, 0.3) is 11.1 Å². The van der Waals surface area contributed by atoms with E-state index in [9.17, 15) is 4.79 Å². The number of aromatic nitrogens is 1. The SMILES string of the molecule is COc1ccc(CCC(=O)Nc2ccc(-c3ccccc3)cn2)cc1. The summed E-state index contributed by atoms with van der Waals surface area (Å²) in [5, 5.41) is 2.84. The van der Waals surface area contributed by atoms with Crippen molar-refractivity contribution in [1.82, 2.24) is 4.98 Å². The van der Waals surface area contributed by atoms with E-state index >= 15 is 0 Å². The fraction of sp³-hybridized carbons (Fsp3) is 0.143. The predicted molar refractivity (Wildman–Crippen MR) is 99.6 cm³/mol. The summed E-state index contributed by atoms with van der Waals surface area (Å²) in [7, 11) is 1.64. The minimum Gasteiger partial charge on any atom is -0.497 e. The van der Waals surface area contributed by atoms with Crippen molar-refractivity contribution in [1.29, 1.82) is 0 Å². The number of aryl methyl sites for hydroxylation is 1. The fourth-order valence-electron chi connectivity index (χ4n) is 2.52. The quantitative estimate of drug-likeness (QED) is 0.731. The number of pyridine rings is 1. The van der Waals surface area contributed by atoms with Crippen molar-refractivity contribution in [3.05, 3.63) is 78.5 Å². The molecule has 0 bridgehead atoms. The van der Waals surface area contributed by atoms with E-state index in [4.69, 9.17) is 4.74 Å². The van der Waals surface area contributed by atoms with Gasteiger partial charge in [-0.15, -0.1) is 0 Å². The van der Waals surface area contributed by atoms with Crippen molar-refractivity contribution in [3.8, 4) is 16.9 Å². The molecule has 0 unspecified atom stereocenters. The summed E-state index contributed by atoms with van der Waals surface area (Å²) in [6.45, 7) is 0. The molecular weight excluding hydrogens is 312 g/mol. The fourth-order valence-corrected chi connectivity index (χ4v) is 2.52. The second kappa shape index (κ2) is 8.11. The highest BCUT2D eigenvalue weighted by molar-refractivity contribution is 5.90. The van der Waals surface area contributed by atoms with Crippen LogP contribution < -0.4 is 10.1 Å². The van der Waals surface area contributed by atoms with Gasteiger partial charge in [0.05, 0.1) is 7.11 Å². The second-order valence-electron chi connectivity index (χ2n) is 5.69. The summed E-state index contributed by atoms with van der Waals surface area (Å²) in [5.74, 6) is 1.34. The average Bonchev–Trinajstić information content (AvgIpc) is 2.68. The zero-order valence-electron chi connectivity index (χ0n) is 14.1. The zero-order chi connectivity index (χ0) is 17.5. The number of hydrogen-bond acceptors (Lipinski definition) is 3. The molecule has 2 aromatic carbocycles. The van der Waals surface area contributed by atoms with Crippen molar-refractivity contribution in [2.45, 2.75) is 12.8 Å². The Morgan fingerprint density at radius 3 is 2.36 bits per heavy atom. The normalized spacial score (nSPS) is 10.3. The van der Waals surface area contributed by atoms with Crippen molar-refractivity contribution in [2.24, 2.45) is 0 Å². The Bertz CT molecular complexity index is 813. The maximum absolute atomic E-state index is 12.1. The first-order valence-electron chi connectivity index (χ1n) is 8.19. The predicted octanol–water partition coefficient (Wildman–Crippen LogP) is 4.33. The van der Waals surface area contributed by atoms with E-state index in [-0.39, 0.29) is 5.91 Å². The maximum atomic E-state index is 12.1. The van der Waals surface area contributed by atoms with Crippen LogP contribution in [0.2, 0.25) is 0 Å². The minimum atomic E-state index is -0.0456. The highest BCUT2D eigenvalue weighted by Gasteiger charge is 2.05. The van der Waals surface area contributed by atoms with Crippen molar-refractivity contribution < 1.29 is 9.53 Å². The van der Waals surface area contributed by atoms with Crippen LogP contribution >= 0.6 is 0 Å². The highest BCUT2D eigenvalue weighted by Crippen LogP contribution is 2.19. The number of nitrogens with zero attached hydrogens (tertiary/aromatic N) is 1. The first-order valence-corrected chi connectivity index (χ1v) is 8.19. The highest BCUT2D eigenvalue weighted by atomic mass is 16.5. The standard InChI is InChI=1S/C21H20N2O2/c1-25-19-11-7-16(8-12-19)9-14-21(24)23-20-13-10-18(15-22-20)17-5-3-2-4-6-17/h2-8,10-13,15H,9,14H2,1H3,(H,22,23,24). The Morgan fingerprint density at radius 1 is 0.960 bits per heavy atom. The molecule has 25 heavy (non-hydrogen) atoms. The van der Waals surface area contributed by atoms with Crippen LogP contribution in [0.15, 0.2) is 72.9 Å². The first kappa shape index (κ1) is 16.7. The van der Waals surface area contributed by atoms with Crippen LogP contribution in [0, 0.1) is 0 Å². The van der Waals surface area contributed by atoms with Gasteiger partial charge in [-0.05, 0) is 41.8 Å². The van der Waals surface area contributed by atoms with Gasteiger partial charge in [0.15, 0.2) is 0 Å². The number of hydrogen-bond donors (Lipinski definition) is 1. The van der Waals surface area contributed by atoms with E-state index < -0.39 is 0 Å². The average molecular weight is 332 g/mol. The van der Waals surface area contributed by atoms with Crippen LogP contribution in [0.3, 0.4) is 0 Å². The summed E-state index contributed by atoms with van der Waals surface area (Å²) in [5.41, 5.74) is 3.23. The van der Waals surface area contributed by atoms with Gasteiger partial charge in [-0.1, -0.05) is 42.5 Å². The Hall–Kier alpha value is -3.14. The molecule has 1 heterocycles. The number of carbonyl (C=O) groups is 1. The molecular formula is C21H20N2O2. The zero-order valence-corrected chi connectivity index (χ0v) is 14.1. The minimum absolute atomic E-state index is 0.0456. The number of benzene rings is 2. The van der Waals surface area contributed by atoms with Gasteiger partial charge in [0.2, 0.25) is 5.91 Å². The Kier molecular flexibility index (Phi) is 5.42. The molecule has 0 aliphatic heterocycles. The van der Waals surface area contributed by atoms with Crippen molar-refractivity contribution >= 4 is 11.7 Å². The summed E-state index contributed by atoms with van der Waals surface area (Å²) in [6, 6.07) is 21.6. The third kappa shape index (κ3) is 4.67. The molecule has 0 aliphatic rings. The van der Waals surface area contributed by atoms with E-state index in [1.54, 1.807) is 13.3 Å². The van der Waals surface area contributed by atoms with E-state index in [1.807, 2.05) is 66.7 Å². The molecule has 4 nitrogen and oxygen atoms in total. The van der Waals surface area contributed by atoms with Gasteiger partial charge >= 0.3 is 0 Å². The van der Waals surface area contributed by atoms with Gasteiger partial charge in [0.25, 0.3) is 0 Å². The molecule has 0 atom stereocenters. The van der Waals surface area contributed by atoms with Crippen LogP contribution in [0.5, 0.6) is 5.75 Å². The number of ether oxygens (including phenoxy) is 1. The molecule has 0 saturated heterocycles. The lowest BCUT2D eigenvalue weighted by Crippen LogP contribution is -2.13. The maximum Gasteiger partial charge on any atom is 0.225 e. The number of amides is 1. The van der Waals surface area contributed by atoms with Gasteiger partial charge < -0.3 is 10.1 Å². The van der Waals surface area contributed by atoms with E-state index in [2.05, 4.69) is 10.3 Å².